The minimum Gasteiger partial charge on any atom is -0.507 e. The molecule has 0 saturated carbocycles. The van der Waals surface area contributed by atoms with Crippen LogP contribution < -0.4 is 14.8 Å². The fraction of sp³-hybridized carbons (Fsp3) is 0.302. The molecule has 4 heterocycles. The third-order valence-electron chi connectivity index (χ3n) is 10.0. The van der Waals surface area contributed by atoms with Gasteiger partial charge in [0.2, 0.25) is 11.8 Å². The maximum absolute atomic E-state index is 14.1. The topological polar surface area (TPSA) is 173 Å². The van der Waals surface area contributed by atoms with Gasteiger partial charge >= 0.3 is 0 Å². The van der Waals surface area contributed by atoms with E-state index in [9.17, 15) is 19.8 Å². The van der Waals surface area contributed by atoms with Crippen molar-refractivity contribution in [2.45, 2.75) is 58.2 Å². The summed E-state index contributed by atoms with van der Waals surface area (Å²) in [5.74, 6) is -0.337. The molecule has 1 saturated heterocycles. The third-order valence-corrected chi connectivity index (χ3v) is 11.0. The number of phenolic OH excluding ortho intramolecular Hbond substituents is 1. The molecule has 294 valence electrons. The van der Waals surface area contributed by atoms with Crippen molar-refractivity contribution in [3.63, 3.8) is 0 Å². The number of aromatic hydroxyl groups is 1. The summed E-state index contributed by atoms with van der Waals surface area (Å²) in [7, 11) is 0. The quantitative estimate of drug-likeness (QED) is 0.0973. The molecule has 6 aromatic rings. The number of para-hydroxylation sites is 1. The molecule has 0 aliphatic carbocycles. The molecule has 1 unspecified atom stereocenters. The third kappa shape index (κ3) is 8.97. The molecule has 7 rings (SSSR count). The molecule has 3 aromatic heterocycles. The van der Waals surface area contributed by atoms with Gasteiger partial charge in [0.15, 0.2) is 5.76 Å². The van der Waals surface area contributed by atoms with Crippen LogP contribution in [0.1, 0.15) is 56.2 Å². The van der Waals surface area contributed by atoms with Crippen LogP contribution in [-0.2, 0) is 9.59 Å². The van der Waals surface area contributed by atoms with Gasteiger partial charge in [-0.25, -0.2) is 4.98 Å². The van der Waals surface area contributed by atoms with Crippen molar-refractivity contribution in [3.8, 4) is 50.2 Å². The van der Waals surface area contributed by atoms with Gasteiger partial charge in [-0.2, -0.15) is 10.2 Å². The average molecular weight is 789 g/mol. The van der Waals surface area contributed by atoms with E-state index in [1.165, 1.54) is 4.90 Å². The number of phenols is 1. The molecule has 1 fully saturated rings. The van der Waals surface area contributed by atoms with E-state index in [1.54, 1.807) is 41.8 Å². The van der Waals surface area contributed by atoms with E-state index in [-0.39, 0.29) is 61.6 Å². The monoisotopic (exact) mass is 788 g/mol. The Morgan fingerprint density at radius 1 is 0.965 bits per heavy atom. The molecule has 2 amide bonds. The van der Waals surface area contributed by atoms with Gasteiger partial charge in [0, 0.05) is 30.2 Å². The number of aliphatic hydroxyl groups is 1. The highest BCUT2D eigenvalue weighted by Gasteiger charge is 2.43. The first-order valence-electron chi connectivity index (χ1n) is 18.8. The number of ether oxygens (including phenoxy) is 2. The highest BCUT2D eigenvalue weighted by molar-refractivity contribution is 7.13. The maximum Gasteiger partial charge on any atom is 0.254 e. The Morgan fingerprint density at radius 2 is 1.70 bits per heavy atom. The van der Waals surface area contributed by atoms with Gasteiger partial charge in [-0.3, -0.25) is 9.59 Å². The number of thiazole rings is 1. The van der Waals surface area contributed by atoms with Crippen LogP contribution in [0.25, 0.3) is 32.8 Å². The van der Waals surface area contributed by atoms with E-state index in [4.69, 9.17) is 14.0 Å². The van der Waals surface area contributed by atoms with E-state index in [2.05, 4.69) is 25.7 Å². The highest BCUT2D eigenvalue weighted by Crippen LogP contribution is 2.34. The average Bonchev–Trinajstić information content (AvgIpc) is 3.97. The normalized spacial score (nSPS) is 16.4. The second kappa shape index (κ2) is 17.3. The highest BCUT2D eigenvalue weighted by atomic mass is 32.1. The second-order valence-electron chi connectivity index (χ2n) is 14.4. The number of hydrogen-bond acceptors (Lipinski definition) is 12. The summed E-state index contributed by atoms with van der Waals surface area (Å²) in [5.41, 5.74) is 7.69. The second-order valence-corrected chi connectivity index (χ2v) is 15.2. The minimum absolute atomic E-state index is 0.0337. The molecule has 0 bridgehead atoms. The van der Waals surface area contributed by atoms with E-state index < -0.39 is 18.1 Å². The van der Waals surface area contributed by atoms with Crippen molar-refractivity contribution in [1.29, 1.82) is 0 Å². The van der Waals surface area contributed by atoms with Gasteiger partial charge in [-0.1, -0.05) is 62.4 Å². The zero-order valence-electron chi connectivity index (χ0n) is 32.0. The number of benzene rings is 3. The first kappa shape index (κ1) is 39.1. The van der Waals surface area contributed by atoms with E-state index in [0.29, 0.717) is 22.8 Å². The summed E-state index contributed by atoms with van der Waals surface area (Å²) in [4.78, 5) is 34.6. The fourth-order valence-corrected chi connectivity index (χ4v) is 7.81. The summed E-state index contributed by atoms with van der Waals surface area (Å²) in [6, 6.07) is 24.8. The number of aliphatic hydroxyl groups excluding tert-OH is 1. The van der Waals surface area contributed by atoms with Crippen molar-refractivity contribution in [3.05, 3.63) is 114 Å². The van der Waals surface area contributed by atoms with E-state index >= 15 is 0 Å². The number of amides is 2. The van der Waals surface area contributed by atoms with Crippen LogP contribution in [0.4, 0.5) is 0 Å². The molecule has 0 radical (unpaired) electrons. The fourth-order valence-electron chi connectivity index (χ4n) is 7.00. The van der Waals surface area contributed by atoms with Crippen molar-refractivity contribution in [2.75, 3.05) is 19.8 Å². The molecular formula is C43H44N6O7S. The van der Waals surface area contributed by atoms with Gasteiger partial charge in [0.25, 0.3) is 5.88 Å². The summed E-state index contributed by atoms with van der Waals surface area (Å²) in [6.45, 7) is 8.08. The lowest BCUT2D eigenvalue weighted by Gasteiger charge is -2.29. The van der Waals surface area contributed by atoms with Crippen LogP contribution in [0, 0.1) is 12.8 Å². The molecule has 3 aromatic carbocycles. The smallest absolute Gasteiger partial charge is 0.254 e. The molecule has 3 N–H and O–H groups in total. The van der Waals surface area contributed by atoms with Crippen LogP contribution >= 0.6 is 11.3 Å². The SMILES string of the molecule is Cc1ncsc1-c1ccc([C@H](C)NC(=O)[C@@H]2C[C@@H](O)CN2C(=O)C(c2cc(OCCOc3ccc(-c4cnnc(-c5ccccc5O)c4)cc3)no2)C(C)C)cc1. The summed E-state index contributed by atoms with van der Waals surface area (Å²) in [5, 5.41) is 36.2. The van der Waals surface area contributed by atoms with Gasteiger partial charge in [0.05, 0.1) is 40.1 Å². The Labute approximate surface area is 334 Å². The first-order chi connectivity index (χ1) is 27.5. The van der Waals surface area contributed by atoms with E-state index in [1.807, 2.05) is 93.9 Å². The molecule has 14 heteroatoms. The molecular weight excluding hydrogens is 745 g/mol. The maximum atomic E-state index is 14.1. The predicted molar refractivity (Wildman–Crippen MR) is 215 cm³/mol. The largest absolute Gasteiger partial charge is 0.507 e. The van der Waals surface area contributed by atoms with Crippen LogP contribution in [0.2, 0.25) is 0 Å². The van der Waals surface area contributed by atoms with Crippen molar-refractivity contribution in [2.24, 2.45) is 5.92 Å². The molecule has 1 aliphatic rings. The lowest BCUT2D eigenvalue weighted by Crippen LogP contribution is -2.48. The standard InChI is InChI=1S/C43H44N6O7S/c1-25(2)40(43(53)49-23-32(50)20-36(49)42(52)46-26(3)28-9-11-30(12-10-28)41-27(4)44-24-57-41)38-21-39(48-56-38)55-18-17-54-33-15-13-29(14-16-33)31-19-35(47-45-22-31)34-7-5-6-8-37(34)51/h5-16,19,21-22,24-26,32,36,40,50-51H,17-18,20,23H2,1-4H3,(H,46,52)/t26-,32+,36-,40?/m0/s1. The minimum atomic E-state index is -0.845. The Balaban J connectivity index is 0.924. The van der Waals surface area contributed by atoms with Gasteiger partial charge in [-0.15, -0.1) is 11.3 Å². The number of aromatic nitrogens is 4. The summed E-state index contributed by atoms with van der Waals surface area (Å²) in [6.07, 6.45) is 0.956. The lowest BCUT2D eigenvalue weighted by molar-refractivity contribution is -0.141. The van der Waals surface area contributed by atoms with Crippen molar-refractivity contribution >= 4 is 23.2 Å². The van der Waals surface area contributed by atoms with Crippen molar-refractivity contribution in [1.82, 2.24) is 30.6 Å². The van der Waals surface area contributed by atoms with Gasteiger partial charge < -0.3 is 34.4 Å². The van der Waals surface area contributed by atoms with Gasteiger partial charge in [0.1, 0.15) is 36.7 Å². The number of nitrogens with zero attached hydrogens (tertiary/aromatic N) is 5. The number of likely N-dealkylation sites (tertiary alicyclic amines) is 1. The molecule has 0 spiro atoms. The van der Waals surface area contributed by atoms with Crippen LogP contribution in [-0.4, -0.2) is 79.2 Å². The zero-order chi connectivity index (χ0) is 40.1. The number of carbonyl (C=O) groups excluding carboxylic acids is 2. The van der Waals surface area contributed by atoms with E-state index in [0.717, 1.165) is 32.8 Å². The Morgan fingerprint density at radius 3 is 2.42 bits per heavy atom. The predicted octanol–water partition coefficient (Wildman–Crippen LogP) is 6.97. The Hall–Kier alpha value is -6.12. The molecule has 57 heavy (non-hydrogen) atoms. The number of carbonyl (C=O) groups is 2. The number of nitrogens with one attached hydrogen (secondary N) is 1. The number of rotatable bonds is 14. The number of aryl methyl sites for hydroxylation is 1. The van der Waals surface area contributed by atoms with Gasteiger partial charge in [-0.05, 0) is 71.9 Å². The van der Waals surface area contributed by atoms with Crippen molar-refractivity contribution < 1.29 is 33.8 Å². The zero-order valence-corrected chi connectivity index (χ0v) is 32.8. The molecule has 1 aliphatic heterocycles. The molecule has 4 atom stereocenters. The van der Waals surface area contributed by atoms with Crippen LogP contribution in [0.15, 0.2) is 101 Å². The first-order valence-corrected chi connectivity index (χ1v) is 19.7. The number of hydrogen-bond donors (Lipinski definition) is 3. The summed E-state index contributed by atoms with van der Waals surface area (Å²) < 4.78 is 17.3. The summed E-state index contributed by atoms with van der Waals surface area (Å²) >= 11 is 1.58. The molecule has 13 nitrogen and oxygen atoms in total. The number of β-amino-alcohol motifs (C(OH)–C–C–N with tert-alkyl or cyclic N) is 1. The van der Waals surface area contributed by atoms with Crippen LogP contribution in [0.3, 0.4) is 0 Å². The van der Waals surface area contributed by atoms with Crippen LogP contribution in [0.5, 0.6) is 17.4 Å². The Kier molecular flexibility index (Phi) is 11.9. The Bertz CT molecular complexity index is 2310. The lowest BCUT2D eigenvalue weighted by atomic mass is 9.91.